The van der Waals surface area contributed by atoms with Crippen molar-refractivity contribution in [1.29, 1.82) is 0 Å². The predicted molar refractivity (Wildman–Crippen MR) is 86.6 cm³/mol. The fourth-order valence-corrected chi connectivity index (χ4v) is 2.78. The molecule has 124 valence electrons. The molecule has 1 fully saturated rings. The molecule has 2 aromatic carbocycles. The number of anilines is 2. The summed E-state index contributed by atoms with van der Waals surface area (Å²) >= 11 is 0. The van der Waals surface area contributed by atoms with Gasteiger partial charge in [0.2, 0.25) is 11.8 Å². The fourth-order valence-electron chi connectivity index (χ4n) is 2.78. The van der Waals surface area contributed by atoms with Crippen LogP contribution in [-0.2, 0) is 9.59 Å². The molecule has 6 heteroatoms. The summed E-state index contributed by atoms with van der Waals surface area (Å²) in [5, 5.41) is 2.73. The van der Waals surface area contributed by atoms with Crippen LogP contribution in [0.4, 0.5) is 20.2 Å². The van der Waals surface area contributed by atoms with Crippen molar-refractivity contribution in [3.63, 3.8) is 0 Å². The quantitative estimate of drug-likeness (QED) is 0.878. The Balaban J connectivity index is 1.73. The van der Waals surface area contributed by atoms with Crippen LogP contribution in [0.1, 0.15) is 12.0 Å². The molecule has 2 aromatic rings. The maximum atomic E-state index is 13.3. The SMILES string of the molecule is Cc1cccc(NC(=O)C2CCN(c3ccc(F)c(F)c3)C2=O)c1. The van der Waals surface area contributed by atoms with E-state index < -0.39 is 29.4 Å². The van der Waals surface area contributed by atoms with Gasteiger partial charge in [-0.2, -0.15) is 0 Å². The van der Waals surface area contributed by atoms with Crippen LogP contribution in [0.3, 0.4) is 0 Å². The molecule has 4 nitrogen and oxygen atoms in total. The highest BCUT2D eigenvalue weighted by Crippen LogP contribution is 2.27. The van der Waals surface area contributed by atoms with E-state index in [2.05, 4.69) is 5.32 Å². The van der Waals surface area contributed by atoms with E-state index >= 15 is 0 Å². The first kappa shape index (κ1) is 16.1. The topological polar surface area (TPSA) is 49.4 Å². The van der Waals surface area contributed by atoms with Crippen LogP contribution < -0.4 is 10.2 Å². The highest BCUT2D eigenvalue weighted by Gasteiger charge is 2.37. The molecule has 0 aromatic heterocycles. The zero-order chi connectivity index (χ0) is 17.3. The molecule has 0 aliphatic carbocycles. The maximum Gasteiger partial charge on any atom is 0.239 e. The molecule has 0 saturated carbocycles. The molecular formula is C18H16F2N2O2. The van der Waals surface area contributed by atoms with Gasteiger partial charge in [0.1, 0.15) is 5.92 Å². The van der Waals surface area contributed by atoms with Gasteiger partial charge in [-0.3, -0.25) is 9.59 Å². The standard InChI is InChI=1S/C18H16F2N2O2/c1-11-3-2-4-12(9-11)21-17(23)14-7-8-22(18(14)24)13-5-6-15(19)16(20)10-13/h2-6,9-10,14H,7-8H2,1H3,(H,21,23). The summed E-state index contributed by atoms with van der Waals surface area (Å²) in [5.41, 5.74) is 1.87. The number of carbonyl (C=O) groups is 2. The summed E-state index contributed by atoms with van der Waals surface area (Å²) in [5.74, 6) is -3.63. The minimum absolute atomic E-state index is 0.254. The van der Waals surface area contributed by atoms with Gasteiger partial charge in [-0.05, 0) is 43.2 Å². The summed E-state index contributed by atoms with van der Waals surface area (Å²) < 4.78 is 26.4. The molecule has 0 bridgehead atoms. The lowest BCUT2D eigenvalue weighted by molar-refractivity contribution is -0.129. The number of nitrogens with zero attached hydrogens (tertiary/aromatic N) is 1. The van der Waals surface area contributed by atoms with Crippen LogP contribution in [0.25, 0.3) is 0 Å². The van der Waals surface area contributed by atoms with E-state index in [0.29, 0.717) is 12.1 Å². The number of hydrogen-bond acceptors (Lipinski definition) is 2. The van der Waals surface area contributed by atoms with E-state index in [1.165, 1.54) is 11.0 Å². The molecule has 1 unspecified atom stereocenters. The lowest BCUT2D eigenvalue weighted by atomic mass is 10.1. The lowest BCUT2D eigenvalue weighted by Crippen LogP contribution is -2.33. The second-order valence-corrected chi connectivity index (χ2v) is 5.79. The molecule has 1 aliphatic rings. The lowest BCUT2D eigenvalue weighted by Gasteiger charge is -2.17. The number of aryl methyl sites for hydroxylation is 1. The van der Waals surface area contributed by atoms with Gasteiger partial charge in [0.05, 0.1) is 0 Å². The first-order chi connectivity index (χ1) is 11.5. The van der Waals surface area contributed by atoms with Crippen LogP contribution in [-0.4, -0.2) is 18.4 Å². The summed E-state index contributed by atoms with van der Waals surface area (Å²) in [6.07, 6.45) is 0.329. The highest BCUT2D eigenvalue weighted by atomic mass is 19.2. The zero-order valence-corrected chi connectivity index (χ0v) is 13.1. The van der Waals surface area contributed by atoms with Gasteiger partial charge in [-0.1, -0.05) is 12.1 Å². The number of hydrogen-bond donors (Lipinski definition) is 1. The summed E-state index contributed by atoms with van der Waals surface area (Å²) in [4.78, 5) is 26.1. The summed E-state index contributed by atoms with van der Waals surface area (Å²) in [7, 11) is 0. The van der Waals surface area contributed by atoms with E-state index in [1.54, 1.807) is 6.07 Å². The van der Waals surface area contributed by atoms with E-state index in [9.17, 15) is 18.4 Å². The molecule has 3 rings (SSSR count). The Hall–Kier alpha value is -2.76. The van der Waals surface area contributed by atoms with Gasteiger partial charge >= 0.3 is 0 Å². The molecule has 2 amide bonds. The third kappa shape index (κ3) is 3.13. The molecule has 24 heavy (non-hydrogen) atoms. The monoisotopic (exact) mass is 330 g/mol. The summed E-state index contributed by atoms with van der Waals surface area (Å²) in [6, 6.07) is 10.5. The van der Waals surface area contributed by atoms with Gasteiger partial charge in [-0.15, -0.1) is 0 Å². The van der Waals surface area contributed by atoms with Crippen molar-refractivity contribution in [2.24, 2.45) is 5.92 Å². The van der Waals surface area contributed by atoms with E-state index in [1.807, 2.05) is 25.1 Å². The Morgan fingerprint density at radius 1 is 1.17 bits per heavy atom. The third-order valence-electron chi connectivity index (χ3n) is 4.02. The van der Waals surface area contributed by atoms with Crippen LogP contribution >= 0.6 is 0 Å². The number of nitrogens with one attached hydrogen (secondary N) is 1. The molecule has 1 saturated heterocycles. The van der Waals surface area contributed by atoms with Crippen molar-refractivity contribution < 1.29 is 18.4 Å². The third-order valence-corrected chi connectivity index (χ3v) is 4.02. The number of benzene rings is 2. The molecule has 0 spiro atoms. The molecular weight excluding hydrogens is 314 g/mol. The first-order valence-corrected chi connectivity index (χ1v) is 7.59. The normalized spacial score (nSPS) is 17.2. The van der Waals surface area contributed by atoms with Crippen molar-refractivity contribution in [3.05, 3.63) is 59.7 Å². The predicted octanol–water partition coefficient (Wildman–Crippen LogP) is 3.26. The minimum atomic E-state index is -1.02. The van der Waals surface area contributed by atoms with Gasteiger partial charge in [0, 0.05) is 24.0 Å². The number of halogens is 2. The number of rotatable bonds is 3. The Morgan fingerprint density at radius 2 is 1.96 bits per heavy atom. The smallest absolute Gasteiger partial charge is 0.239 e. The van der Waals surface area contributed by atoms with Gasteiger partial charge in [-0.25, -0.2) is 8.78 Å². The highest BCUT2D eigenvalue weighted by molar-refractivity contribution is 6.13. The van der Waals surface area contributed by atoms with Gasteiger partial charge in [0.15, 0.2) is 11.6 Å². The van der Waals surface area contributed by atoms with E-state index in [-0.39, 0.29) is 12.2 Å². The minimum Gasteiger partial charge on any atom is -0.325 e. The Labute approximate surface area is 138 Å². The van der Waals surface area contributed by atoms with Crippen LogP contribution in [0.2, 0.25) is 0 Å². The van der Waals surface area contributed by atoms with Crippen LogP contribution in [0, 0.1) is 24.5 Å². The zero-order valence-electron chi connectivity index (χ0n) is 13.1. The van der Waals surface area contributed by atoms with Crippen molar-refractivity contribution in [1.82, 2.24) is 0 Å². The fraction of sp³-hybridized carbons (Fsp3) is 0.222. The molecule has 1 heterocycles. The second kappa shape index (κ2) is 6.39. The summed E-state index contributed by atoms with van der Waals surface area (Å²) in [6.45, 7) is 2.19. The Bertz CT molecular complexity index is 807. The van der Waals surface area contributed by atoms with Crippen molar-refractivity contribution in [2.75, 3.05) is 16.8 Å². The van der Waals surface area contributed by atoms with Crippen molar-refractivity contribution in [2.45, 2.75) is 13.3 Å². The number of amides is 2. The Kier molecular flexibility index (Phi) is 4.29. The van der Waals surface area contributed by atoms with E-state index in [4.69, 9.17) is 0 Å². The van der Waals surface area contributed by atoms with E-state index in [0.717, 1.165) is 17.7 Å². The maximum absolute atomic E-state index is 13.3. The number of carbonyl (C=O) groups excluding carboxylic acids is 2. The van der Waals surface area contributed by atoms with Crippen molar-refractivity contribution >= 4 is 23.2 Å². The largest absolute Gasteiger partial charge is 0.325 e. The second-order valence-electron chi connectivity index (χ2n) is 5.79. The first-order valence-electron chi connectivity index (χ1n) is 7.59. The van der Waals surface area contributed by atoms with Gasteiger partial charge in [0.25, 0.3) is 0 Å². The van der Waals surface area contributed by atoms with Crippen LogP contribution in [0.15, 0.2) is 42.5 Å². The molecule has 1 aliphatic heterocycles. The molecule has 1 N–H and O–H groups in total. The average molecular weight is 330 g/mol. The average Bonchev–Trinajstić information content (AvgIpc) is 2.92. The van der Waals surface area contributed by atoms with Crippen molar-refractivity contribution in [3.8, 4) is 0 Å². The molecule has 0 radical (unpaired) electrons. The molecule has 1 atom stereocenters. The van der Waals surface area contributed by atoms with Gasteiger partial charge < -0.3 is 10.2 Å². The van der Waals surface area contributed by atoms with Crippen LogP contribution in [0.5, 0.6) is 0 Å². The Morgan fingerprint density at radius 3 is 2.67 bits per heavy atom.